The van der Waals surface area contributed by atoms with Gasteiger partial charge in [-0.05, 0) is 27.7 Å². The quantitative estimate of drug-likeness (QED) is 0.869. The molecule has 9 nitrogen and oxygen atoms in total. The Morgan fingerprint density at radius 1 is 1.23 bits per heavy atom. The lowest BCUT2D eigenvalue weighted by Crippen LogP contribution is -2.38. The Morgan fingerprint density at radius 3 is 2.36 bits per heavy atom. The summed E-state index contributed by atoms with van der Waals surface area (Å²) < 4.78 is 7.14. The summed E-state index contributed by atoms with van der Waals surface area (Å²) in [6, 6.07) is -0.377. The molecule has 2 aromatic heterocycles. The lowest BCUT2D eigenvalue weighted by Gasteiger charge is -2.14. The lowest BCUT2D eigenvalue weighted by molar-refractivity contribution is 0.375. The van der Waals surface area contributed by atoms with Crippen LogP contribution in [0, 0.1) is 13.8 Å². The van der Waals surface area contributed by atoms with E-state index in [2.05, 4.69) is 15.2 Å². The van der Waals surface area contributed by atoms with Crippen molar-refractivity contribution in [3.63, 3.8) is 0 Å². The van der Waals surface area contributed by atoms with Crippen molar-refractivity contribution in [1.82, 2.24) is 14.1 Å². The van der Waals surface area contributed by atoms with Gasteiger partial charge in [0.1, 0.15) is 5.76 Å². The van der Waals surface area contributed by atoms with Crippen molar-refractivity contribution < 1.29 is 9.52 Å². The Hall–Kier alpha value is -2.71. The topological polar surface area (TPSA) is 115 Å². The van der Waals surface area contributed by atoms with Crippen LogP contribution < -0.4 is 11.2 Å². The molecule has 2 aromatic rings. The first kappa shape index (κ1) is 15.7. The van der Waals surface area contributed by atoms with Gasteiger partial charge in [-0.2, -0.15) is 4.98 Å². The van der Waals surface area contributed by atoms with Crippen LogP contribution in [0.5, 0.6) is 5.88 Å². The highest BCUT2D eigenvalue weighted by Crippen LogP contribution is 2.25. The number of oxazole rings is 1. The predicted molar refractivity (Wildman–Crippen MR) is 78.1 cm³/mol. The maximum Gasteiger partial charge on any atom is 0.341 e. The second-order valence-electron chi connectivity index (χ2n) is 5.12. The van der Waals surface area contributed by atoms with Gasteiger partial charge in [-0.3, -0.25) is 13.9 Å². The third-order valence-electron chi connectivity index (χ3n) is 3.21. The summed E-state index contributed by atoms with van der Waals surface area (Å²) in [6.07, 6.45) is 0. The molecule has 0 bridgehead atoms. The van der Waals surface area contributed by atoms with Crippen LogP contribution in [-0.2, 0) is 7.05 Å². The van der Waals surface area contributed by atoms with E-state index in [0.717, 1.165) is 9.13 Å². The number of azo groups is 1. The summed E-state index contributed by atoms with van der Waals surface area (Å²) in [4.78, 5) is 28.0. The average molecular weight is 307 g/mol. The number of aromatic nitrogens is 3. The summed E-state index contributed by atoms with van der Waals surface area (Å²) in [6.45, 7) is 6.87. The second kappa shape index (κ2) is 5.58. The van der Waals surface area contributed by atoms with Crippen molar-refractivity contribution in [3.8, 4) is 5.88 Å². The monoisotopic (exact) mass is 307 g/mol. The first-order valence-electron chi connectivity index (χ1n) is 6.64. The van der Waals surface area contributed by atoms with E-state index in [1.807, 2.05) is 0 Å². The van der Waals surface area contributed by atoms with E-state index in [1.165, 1.54) is 7.05 Å². The van der Waals surface area contributed by atoms with Gasteiger partial charge < -0.3 is 9.52 Å². The van der Waals surface area contributed by atoms with E-state index >= 15 is 0 Å². The summed E-state index contributed by atoms with van der Waals surface area (Å²) in [5.74, 6) is 0.0464. The molecule has 0 saturated carbocycles. The fourth-order valence-corrected chi connectivity index (χ4v) is 1.85. The molecule has 0 spiro atoms. The van der Waals surface area contributed by atoms with E-state index in [0.29, 0.717) is 11.5 Å². The van der Waals surface area contributed by atoms with Crippen LogP contribution in [-0.4, -0.2) is 19.2 Å². The molecule has 9 heteroatoms. The molecule has 0 aliphatic heterocycles. The minimum atomic E-state index is -0.747. The molecule has 0 aromatic carbocycles. The molecule has 118 valence electrons. The maximum atomic E-state index is 12.1. The Morgan fingerprint density at radius 2 is 1.86 bits per heavy atom. The third kappa shape index (κ3) is 2.57. The van der Waals surface area contributed by atoms with Crippen LogP contribution in [0.4, 0.5) is 11.7 Å². The first-order valence-corrected chi connectivity index (χ1v) is 6.64. The second-order valence-corrected chi connectivity index (χ2v) is 5.12. The highest BCUT2D eigenvalue weighted by molar-refractivity contribution is 5.44. The molecule has 0 fully saturated rings. The number of aryl methyl sites for hydroxylation is 2. The molecule has 22 heavy (non-hydrogen) atoms. The summed E-state index contributed by atoms with van der Waals surface area (Å²) in [5, 5.41) is 17.5. The molecule has 0 aliphatic carbocycles. The van der Waals surface area contributed by atoms with Crippen molar-refractivity contribution in [3.05, 3.63) is 32.3 Å². The summed E-state index contributed by atoms with van der Waals surface area (Å²) in [7, 11) is 1.31. The van der Waals surface area contributed by atoms with Gasteiger partial charge in [0, 0.05) is 13.1 Å². The molecule has 0 saturated heterocycles. The molecular weight excluding hydrogens is 290 g/mol. The number of hydrogen-bond acceptors (Lipinski definition) is 7. The third-order valence-corrected chi connectivity index (χ3v) is 3.21. The molecule has 2 heterocycles. The van der Waals surface area contributed by atoms with Gasteiger partial charge >= 0.3 is 11.7 Å². The Labute approximate surface area is 125 Å². The highest BCUT2D eigenvalue weighted by Gasteiger charge is 2.19. The smallest absolute Gasteiger partial charge is 0.341 e. The van der Waals surface area contributed by atoms with Crippen LogP contribution in [0.1, 0.15) is 31.3 Å². The van der Waals surface area contributed by atoms with Crippen molar-refractivity contribution >= 4 is 11.7 Å². The Balaban J connectivity index is 2.61. The van der Waals surface area contributed by atoms with Crippen molar-refractivity contribution in [2.24, 2.45) is 17.3 Å². The van der Waals surface area contributed by atoms with Crippen LogP contribution >= 0.6 is 0 Å². The van der Waals surface area contributed by atoms with Gasteiger partial charge in [0.2, 0.25) is 11.6 Å². The molecular formula is C13H17N5O4. The highest BCUT2D eigenvalue weighted by atomic mass is 16.4. The minimum Gasteiger partial charge on any atom is -0.493 e. The van der Waals surface area contributed by atoms with Gasteiger partial charge in [-0.15, -0.1) is 5.11 Å². The zero-order valence-corrected chi connectivity index (χ0v) is 13.0. The van der Waals surface area contributed by atoms with Gasteiger partial charge in [-0.1, -0.05) is 5.11 Å². The number of aromatic hydroxyl groups is 1. The maximum absolute atomic E-state index is 12.1. The van der Waals surface area contributed by atoms with E-state index in [9.17, 15) is 14.7 Å². The molecule has 0 aliphatic rings. The number of rotatable bonds is 3. The van der Waals surface area contributed by atoms with Crippen LogP contribution in [0.2, 0.25) is 0 Å². The molecule has 0 amide bonds. The van der Waals surface area contributed by atoms with Crippen molar-refractivity contribution in [2.75, 3.05) is 0 Å². The number of nitrogens with zero attached hydrogens (tertiary/aromatic N) is 5. The first-order chi connectivity index (χ1) is 10.2. The molecule has 0 unspecified atom stereocenters. The zero-order chi connectivity index (χ0) is 16.6. The normalized spacial score (nSPS) is 11.7. The average Bonchev–Trinajstić information content (AvgIpc) is 2.75. The predicted octanol–water partition coefficient (Wildman–Crippen LogP) is 1.85. The van der Waals surface area contributed by atoms with E-state index in [-0.39, 0.29) is 17.7 Å². The Bertz CT molecular complexity index is 837. The van der Waals surface area contributed by atoms with Gasteiger partial charge in [-0.25, -0.2) is 4.79 Å². The molecule has 2 rings (SSSR count). The van der Waals surface area contributed by atoms with E-state index in [1.54, 1.807) is 27.7 Å². The van der Waals surface area contributed by atoms with Crippen molar-refractivity contribution in [2.45, 2.75) is 33.7 Å². The fraction of sp³-hybridized carbons (Fsp3) is 0.462. The van der Waals surface area contributed by atoms with Crippen LogP contribution in [0.25, 0.3) is 0 Å². The van der Waals surface area contributed by atoms with E-state index in [4.69, 9.17) is 4.42 Å². The molecule has 1 N–H and O–H groups in total. The van der Waals surface area contributed by atoms with Crippen molar-refractivity contribution in [1.29, 1.82) is 0 Å². The Kier molecular flexibility index (Phi) is 3.98. The standard InChI is InChI=1S/C13H17N5O4/c1-6(2)18-11(20)9(10(19)17(5)13(18)21)15-16-12-14-7(3)8(4)22-12/h6,20H,1-5H3. The SMILES string of the molecule is Cc1nc(N=Nc2c(O)n(C(C)C)c(=O)n(C)c2=O)oc1C. The molecule has 0 atom stereocenters. The fourth-order valence-electron chi connectivity index (χ4n) is 1.85. The van der Waals surface area contributed by atoms with E-state index < -0.39 is 17.1 Å². The molecule has 0 radical (unpaired) electrons. The summed E-state index contributed by atoms with van der Waals surface area (Å²) in [5.41, 5.74) is -1.06. The minimum absolute atomic E-state index is 0.0289. The van der Waals surface area contributed by atoms with Gasteiger partial charge in [0.05, 0.1) is 5.69 Å². The van der Waals surface area contributed by atoms with Crippen LogP contribution in [0.15, 0.2) is 24.2 Å². The summed E-state index contributed by atoms with van der Waals surface area (Å²) >= 11 is 0. The lowest BCUT2D eigenvalue weighted by atomic mass is 10.3. The van der Waals surface area contributed by atoms with Gasteiger partial charge in [0.25, 0.3) is 5.56 Å². The van der Waals surface area contributed by atoms with Crippen LogP contribution in [0.3, 0.4) is 0 Å². The largest absolute Gasteiger partial charge is 0.493 e. The number of hydrogen-bond donors (Lipinski definition) is 1. The zero-order valence-electron chi connectivity index (χ0n) is 13.0. The van der Waals surface area contributed by atoms with Gasteiger partial charge in [0.15, 0.2) is 0 Å².